The molecule has 0 heterocycles. The van der Waals surface area contributed by atoms with Crippen LogP contribution in [0, 0.1) is 0 Å². The Bertz CT molecular complexity index is 263. The molecule has 0 spiro atoms. The van der Waals surface area contributed by atoms with Crippen molar-refractivity contribution in [2.75, 3.05) is 7.05 Å². The molecule has 1 rings (SSSR count). The van der Waals surface area contributed by atoms with Crippen LogP contribution in [0.2, 0.25) is 15.1 Å². The molecule has 66 valence electrons. The summed E-state index contributed by atoms with van der Waals surface area (Å²) in [5, 5.41) is 4.73. The van der Waals surface area contributed by atoms with Crippen molar-refractivity contribution in [1.29, 1.82) is 0 Å². The Morgan fingerprint density at radius 2 is 1.67 bits per heavy atom. The van der Waals surface area contributed by atoms with Crippen LogP contribution < -0.4 is 5.32 Å². The molecule has 0 bridgehead atoms. The van der Waals surface area contributed by atoms with Gasteiger partial charge in [0.25, 0.3) is 0 Å². The van der Waals surface area contributed by atoms with Gasteiger partial charge in [-0.3, -0.25) is 0 Å². The smallest absolute Gasteiger partial charge is 0.0480 e. The minimum absolute atomic E-state index is 0.560. The third kappa shape index (κ3) is 2.27. The maximum Gasteiger partial charge on any atom is 0.0480 e. The highest BCUT2D eigenvalue weighted by atomic mass is 35.5. The fourth-order valence-electron chi connectivity index (χ4n) is 0.918. The van der Waals surface area contributed by atoms with Crippen LogP contribution in [0.3, 0.4) is 0 Å². The summed E-state index contributed by atoms with van der Waals surface area (Å²) >= 11 is 17.5. The van der Waals surface area contributed by atoms with Gasteiger partial charge < -0.3 is 5.32 Å². The fraction of sp³-hybridized carbons (Fsp3) is 0.250. The fourth-order valence-corrected chi connectivity index (χ4v) is 1.87. The van der Waals surface area contributed by atoms with Crippen LogP contribution >= 0.6 is 34.8 Å². The monoisotopic (exact) mass is 223 g/mol. The Morgan fingerprint density at radius 3 is 2.08 bits per heavy atom. The van der Waals surface area contributed by atoms with Gasteiger partial charge in [0, 0.05) is 27.2 Å². The summed E-state index contributed by atoms with van der Waals surface area (Å²) in [5.41, 5.74) is 0.880. The molecule has 0 unspecified atom stereocenters. The Kier molecular flexibility index (Phi) is 3.66. The molecule has 0 atom stereocenters. The number of hydrogen-bond acceptors (Lipinski definition) is 1. The molecule has 1 aromatic rings. The van der Waals surface area contributed by atoms with Gasteiger partial charge in [-0.2, -0.15) is 0 Å². The van der Waals surface area contributed by atoms with Crippen LogP contribution in [0.5, 0.6) is 0 Å². The van der Waals surface area contributed by atoms with Crippen LogP contribution in [0.1, 0.15) is 5.56 Å². The highest BCUT2D eigenvalue weighted by Crippen LogP contribution is 2.28. The lowest BCUT2D eigenvalue weighted by atomic mass is 10.2. The molecule has 0 aliphatic carbocycles. The first-order valence-electron chi connectivity index (χ1n) is 3.43. The molecule has 1 N–H and O–H groups in total. The van der Waals surface area contributed by atoms with E-state index in [2.05, 4.69) is 5.32 Å². The van der Waals surface area contributed by atoms with Crippen LogP contribution in [0.25, 0.3) is 0 Å². The molecule has 0 aliphatic rings. The maximum absolute atomic E-state index is 5.90. The zero-order chi connectivity index (χ0) is 9.14. The second-order valence-electron chi connectivity index (χ2n) is 2.38. The molecule has 0 radical (unpaired) electrons. The molecule has 1 aromatic carbocycles. The van der Waals surface area contributed by atoms with E-state index in [4.69, 9.17) is 34.8 Å². The van der Waals surface area contributed by atoms with E-state index in [1.807, 2.05) is 7.05 Å². The zero-order valence-electron chi connectivity index (χ0n) is 6.50. The SMILES string of the molecule is CNCc1c(Cl)cc(Cl)cc1Cl. The average molecular weight is 225 g/mol. The lowest BCUT2D eigenvalue weighted by Crippen LogP contribution is -2.06. The van der Waals surface area contributed by atoms with Gasteiger partial charge in [0.1, 0.15) is 0 Å². The van der Waals surface area contributed by atoms with Crippen molar-refractivity contribution >= 4 is 34.8 Å². The van der Waals surface area contributed by atoms with E-state index in [1.54, 1.807) is 12.1 Å². The lowest BCUT2D eigenvalue weighted by Gasteiger charge is -2.06. The number of halogens is 3. The Hall–Kier alpha value is 0.0500. The Labute approximate surface area is 86.6 Å². The number of hydrogen-bond donors (Lipinski definition) is 1. The van der Waals surface area contributed by atoms with Gasteiger partial charge in [0.2, 0.25) is 0 Å². The number of nitrogens with one attached hydrogen (secondary N) is 1. The third-order valence-electron chi connectivity index (χ3n) is 1.46. The van der Waals surface area contributed by atoms with Crippen molar-refractivity contribution in [3.63, 3.8) is 0 Å². The van der Waals surface area contributed by atoms with Crippen molar-refractivity contribution in [1.82, 2.24) is 5.32 Å². The zero-order valence-corrected chi connectivity index (χ0v) is 8.76. The van der Waals surface area contributed by atoms with Crippen LogP contribution in [0.15, 0.2) is 12.1 Å². The lowest BCUT2D eigenvalue weighted by molar-refractivity contribution is 0.818. The van der Waals surface area contributed by atoms with Gasteiger partial charge in [-0.25, -0.2) is 0 Å². The molecule has 0 aliphatic heterocycles. The molecular formula is C8H8Cl3N. The predicted molar refractivity (Wildman–Crippen MR) is 54.2 cm³/mol. The van der Waals surface area contributed by atoms with E-state index in [0.717, 1.165) is 5.56 Å². The summed E-state index contributed by atoms with van der Waals surface area (Å²) in [7, 11) is 1.83. The number of benzene rings is 1. The van der Waals surface area contributed by atoms with E-state index < -0.39 is 0 Å². The molecule has 12 heavy (non-hydrogen) atoms. The summed E-state index contributed by atoms with van der Waals surface area (Å²) in [6.45, 7) is 0.648. The minimum atomic E-state index is 0.560. The quantitative estimate of drug-likeness (QED) is 0.812. The molecule has 0 amide bonds. The van der Waals surface area contributed by atoms with E-state index in [9.17, 15) is 0 Å². The van der Waals surface area contributed by atoms with Crippen molar-refractivity contribution in [3.8, 4) is 0 Å². The summed E-state index contributed by atoms with van der Waals surface area (Å²) in [6.07, 6.45) is 0. The highest BCUT2D eigenvalue weighted by molar-refractivity contribution is 6.39. The van der Waals surface area contributed by atoms with Gasteiger partial charge >= 0.3 is 0 Å². The molecule has 0 fully saturated rings. The second-order valence-corrected chi connectivity index (χ2v) is 3.63. The largest absolute Gasteiger partial charge is 0.316 e. The third-order valence-corrected chi connectivity index (χ3v) is 2.35. The molecule has 1 nitrogen and oxygen atoms in total. The van der Waals surface area contributed by atoms with Gasteiger partial charge in [-0.05, 0) is 19.2 Å². The van der Waals surface area contributed by atoms with Crippen LogP contribution in [-0.4, -0.2) is 7.05 Å². The normalized spacial score (nSPS) is 10.3. The van der Waals surface area contributed by atoms with Crippen molar-refractivity contribution in [3.05, 3.63) is 32.8 Å². The molecule has 0 aromatic heterocycles. The van der Waals surface area contributed by atoms with Crippen molar-refractivity contribution in [2.24, 2.45) is 0 Å². The second kappa shape index (κ2) is 4.33. The Morgan fingerprint density at radius 1 is 1.17 bits per heavy atom. The average Bonchev–Trinajstić information content (AvgIpc) is 1.96. The summed E-state index contributed by atoms with van der Waals surface area (Å²) in [5.74, 6) is 0. The first-order chi connectivity index (χ1) is 5.65. The van der Waals surface area contributed by atoms with Crippen LogP contribution in [-0.2, 0) is 6.54 Å². The first-order valence-corrected chi connectivity index (χ1v) is 4.56. The summed E-state index contributed by atoms with van der Waals surface area (Å²) in [4.78, 5) is 0. The highest BCUT2D eigenvalue weighted by Gasteiger charge is 2.05. The molecule has 0 saturated carbocycles. The van der Waals surface area contributed by atoms with Gasteiger partial charge in [0.15, 0.2) is 0 Å². The van der Waals surface area contributed by atoms with E-state index in [1.165, 1.54) is 0 Å². The predicted octanol–water partition coefficient (Wildman–Crippen LogP) is 3.37. The summed E-state index contributed by atoms with van der Waals surface area (Å²) < 4.78 is 0. The molecular weight excluding hydrogens is 216 g/mol. The minimum Gasteiger partial charge on any atom is -0.316 e. The maximum atomic E-state index is 5.90. The van der Waals surface area contributed by atoms with Crippen molar-refractivity contribution < 1.29 is 0 Å². The van der Waals surface area contributed by atoms with Gasteiger partial charge in [-0.15, -0.1) is 0 Å². The molecule has 4 heteroatoms. The topological polar surface area (TPSA) is 12.0 Å². The van der Waals surface area contributed by atoms with Gasteiger partial charge in [-0.1, -0.05) is 34.8 Å². The Balaban J connectivity index is 3.10. The first kappa shape index (κ1) is 10.1. The van der Waals surface area contributed by atoms with Crippen LogP contribution in [0.4, 0.5) is 0 Å². The standard InChI is InChI=1S/C8H8Cl3N/c1-12-4-6-7(10)2-5(9)3-8(6)11/h2-3,12H,4H2,1H3. The van der Waals surface area contributed by atoms with E-state index in [0.29, 0.717) is 21.6 Å². The van der Waals surface area contributed by atoms with E-state index >= 15 is 0 Å². The molecule has 0 saturated heterocycles. The van der Waals surface area contributed by atoms with E-state index in [-0.39, 0.29) is 0 Å². The number of rotatable bonds is 2. The van der Waals surface area contributed by atoms with Crippen molar-refractivity contribution in [2.45, 2.75) is 6.54 Å². The summed E-state index contributed by atoms with van der Waals surface area (Å²) in [6, 6.07) is 3.36. The van der Waals surface area contributed by atoms with Gasteiger partial charge in [0.05, 0.1) is 0 Å².